The van der Waals surface area contributed by atoms with Crippen LogP contribution in [0.1, 0.15) is 49.7 Å². The van der Waals surface area contributed by atoms with Crippen LogP contribution in [0, 0.1) is 6.92 Å². The number of aromatic nitrogens is 2. The fraction of sp³-hybridized carbons (Fsp3) is 0.615. The monoisotopic (exact) mass is 267 g/mol. The molecule has 0 aliphatic rings. The molecule has 6 heteroatoms. The lowest BCUT2D eigenvalue weighted by Gasteiger charge is -2.21. The van der Waals surface area contributed by atoms with Crippen molar-refractivity contribution in [1.82, 2.24) is 15.1 Å². The van der Waals surface area contributed by atoms with Gasteiger partial charge in [-0.3, -0.25) is 14.3 Å². The number of nitrogens with one attached hydrogen (secondary N) is 1. The summed E-state index contributed by atoms with van der Waals surface area (Å²) >= 11 is 0. The van der Waals surface area contributed by atoms with E-state index in [1.807, 2.05) is 27.7 Å². The molecule has 2 N–H and O–H groups in total. The number of nitrogens with zero attached hydrogens (tertiary/aromatic N) is 2. The van der Waals surface area contributed by atoms with Crippen molar-refractivity contribution < 1.29 is 14.7 Å². The number of amides is 1. The first-order chi connectivity index (χ1) is 8.73. The van der Waals surface area contributed by atoms with Gasteiger partial charge in [-0.05, 0) is 34.1 Å². The van der Waals surface area contributed by atoms with Crippen molar-refractivity contribution in [3.63, 3.8) is 0 Å². The molecule has 0 saturated heterocycles. The van der Waals surface area contributed by atoms with Crippen LogP contribution in [-0.4, -0.2) is 33.3 Å². The summed E-state index contributed by atoms with van der Waals surface area (Å²) in [5.74, 6) is -1.07. The van der Waals surface area contributed by atoms with Gasteiger partial charge < -0.3 is 10.4 Å². The van der Waals surface area contributed by atoms with Crippen LogP contribution in [0.25, 0.3) is 0 Å². The molecule has 0 radical (unpaired) electrons. The normalized spacial score (nSPS) is 11.4. The largest absolute Gasteiger partial charge is 0.481 e. The van der Waals surface area contributed by atoms with Gasteiger partial charge in [0.2, 0.25) is 0 Å². The highest BCUT2D eigenvalue weighted by molar-refractivity contribution is 5.95. The number of carbonyl (C=O) groups excluding carboxylic acids is 1. The van der Waals surface area contributed by atoms with Crippen LogP contribution in [0.3, 0.4) is 0 Å². The smallest absolute Gasteiger partial charge is 0.303 e. The fourth-order valence-corrected chi connectivity index (χ4v) is 1.85. The van der Waals surface area contributed by atoms with E-state index >= 15 is 0 Å². The van der Waals surface area contributed by atoms with Gasteiger partial charge in [0, 0.05) is 18.7 Å². The van der Waals surface area contributed by atoms with Crippen molar-refractivity contribution >= 4 is 11.9 Å². The summed E-state index contributed by atoms with van der Waals surface area (Å²) in [5, 5.41) is 15.4. The molecular formula is C13H21N3O3. The number of hydrogen-bond donors (Lipinski definition) is 2. The van der Waals surface area contributed by atoms with Crippen molar-refractivity contribution in [2.45, 2.75) is 46.1 Å². The van der Waals surface area contributed by atoms with Gasteiger partial charge >= 0.3 is 5.97 Å². The van der Waals surface area contributed by atoms with Crippen LogP contribution in [0.5, 0.6) is 0 Å². The molecule has 0 bridgehead atoms. The third-order valence-electron chi connectivity index (χ3n) is 2.74. The molecule has 0 aliphatic heterocycles. The Balaban J connectivity index is 2.63. The molecule has 0 aliphatic carbocycles. The molecule has 0 saturated carbocycles. The zero-order valence-electron chi connectivity index (χ0n) is 11.9. The summed E-state index contributed by atoms with van der Waals surface area (Å²) in [7, 11) is 0. The van der Waals surface area contributed by atoms with Gasteiger partial charge in [0.25, 0.3) is 5.91 Å². The Kier molecular flexibility index (Phi) is 4.69. The summed E-state index contributed by atoms with van der Waals surface area (Å²) in [4.78, 5) is 22.3. The minimum Gasteiger partial charge on any atom is -0.481 e. The summed E-state index contributed by atoms with van der Waals surface area (Å²) in [6.07, 6.45) is 2.03. The predicted octanol–water partition coefficient (Wildman–Crippen LogP) is 1.54. The number of rotatable bonds is 5. The fourth-order valence-electron chi connectivity index (χ4n) is 1.85. The highest BCUT2D eigenvalue weighted by Crippen LogP contribution is 2.18. The molecule has 6 nitrogen and oxygen atoms in total. The standard InChI is InChI=1S/C13H21N3O3/c1-9-10(8-15-16(9)13(2,3)4)12(19)14-7-5-6-11(17)18/h8H,5-7H2,1-4H3,(H,14,19)(H,17,18). The zero-order valence-corrected chi connectivity index (χ0v) is 11.9. The highest BCUT2D eigenvalue weighted by atomic mass is 16.4. The Morgan fingerprint density at radius 1 is 1.42 bits per heavy atom. The SMILES string of the molecule is Cc1c(C(=O)NCCCC(=O)O)cnn1C(C)(C)C. The van der Waals surface area contributed by atoms with E-state index in [0.717, 1.165) is 5.69 Å². The Hall–Kier alpha value is -1.85. The maximum atomic E-state index is 11.9. The van der Waals surface area contributed by atoms with Gasteiger partial charge in [0.15, 0.2) is 0 Å². The quantitative estimate of drug-likeness (QED) is 0.793. The van der Waals surface area contributed by atoms with E-state index in [1.165, 1.54) is 0 Å². The molecule has 0 atom stereocenters. The average Bonchev–Trinajstić information content (AvgIpc) is 2.65. The lowest BCUT2D eigenvalue weighted by molar-refractivity contribution is -0.137. The first kappa shape index (κ1) is 15.2. The summed E-state index contributed by atoms with van der Waals surface area (Å²) in [6, 6.07) is 0. The maximum Gasteiger partial charge on any atom is 0.303 e. The molecule has 1 amide bonds. The minimum atomic E-state index is -0.856. The Labute approximate surface area is 112 Å². The summed E-state index contributed by atoms with van der Waals surface area (Å²) in [5.41, 5.74) is 1.17. The Morgan fingerprint density at radius 3 is 2.53 bits per heavy atom. The van der Waals surface area contributed by atoms with Crippen LogP contribution < -0.4 is 5.32 Å². The van der Waals surface area contributed by atoms with Gasteiger partial charge in [-0.15, -0.1) is 0 Å². The van der Waals surface area contributed by atoms with Gasteiger partial charge in [0.1, 0.15) is 0 Å². The van der Waals surface area contributed by atoms with Crippen LogP contribution in [0.4, 0.5) is 0 Å². The number of aliphatic carboxylic acids is 1. The molecule has 106 valence electrons. The van der Waals surface area contributed by atoms with E-state index in [9.17, 15) is 9.59 Å². The highest BCUT2D eigenvalue weighted by Gasteiger charge is 2.21. The van der Waals surface area contributed by atoms with Crippen LogP contribution in [-0.2, 0) is 10.3 Å². The molecule has 0 fully saturated rings. The number of carboxylic acid groups (broad SMARTS) is 1. The van der Waals surface area contributed by atoms with Crippen LogP contribution >= 0.6 is 0 Å². The molecule has 0 unspecified atom stereocenters. The topological polar surface area (TPSA) is 84.2 Å². The molecule has 0 aromatic carbocycles. The molecule has 0 spiro atoms. The van der Waals surface area contributed by atoms with Crippen molar-refractivity contribution in [3.05, 3.63) is 17.5 Å². The van der Waals surface area contributed by atoms with Crippen LogP contribution in [0.2, 0.25) is 0 Å². The first-order valence-electron chi connectivity index (χ1n) is 6.28. The predicted molar refractivity (Wildman–Crippen MR) is 71.2 cm³/mol. The van der Waals surface area contributed by atoms with Crippen molar-refractivity contribution in [2.24, 2.45) is 0 Å². The maximum absolute atomic E-state index is 11.9. The second kappa shape index (κ2) is 5.86. The molecular weight excluding hydrogens is 246 g/mol. The third kappa shape index (κ3) is 4.08. The minimum absolute atomic E-state index is 0.0561. The Bertz CT molecular complexity index is 472. The lowest BCUT2D eigenvalue weighted by atomic mass is 10.1. The van der Waals surface area contributed by atoms with E-state index < -0.39 is 5.97 Å². The zero-order chi connectivity index (χ0) is 14.6. The first-order valence-corrected chi connectivity index (χ1v) is 6.28. The number of carbonyl (C=O) groups is 2. The van der Waals surface area contributed by atoms with E-state index in [1.54, 1.807) is 10.9 Å². The molecule has 19 heavy (non-hydrogen) atoms. The number of hydrogen-bond acceptors (Lipinski definition) is 3. The van der Waals surface area contributed by atoms with Gasteiger partial charge in [-0.2, -0.15) is 5.10 Å². The van der Waals surface area contributed by atoms with Crippen molar-refractivity contribution in [3.8, 4) is 0 Å². The molecule has 1 rings (SSSR count). The second-order valence-corrected chi connectivity index (χ2v) is 5.48. The van der Waals surface area contributed by atoms with Crippen molar-refractivity contribution in [1.29, 1.82) is 0 Å². The Morgan fingerprint density at radius 2 is 2.05 bits per heavy atom. The second-order valence-electron chi connectivity index (χ2n) is 5.48. The van der Waals surface area contributed by atoms with E-state index in [2.05, 4.69) is 10.4 Å². The molecule has 1 aromatic heterocycles. The van der Waals surface area contributed by atoms with Crippen molar-refractivity contribution in [2.75, 3.05) is 6.54 Å². The molecule has 1 heterocycles. The summed E-state index contributed by atoms with van der Waals surface area (Å²) < 4.78 is 1.80. The third-order valence-corrected chi connectivity index (χ3v) is 2.74. The lowest BCUT2D eigenvalue weighted by Crippen LogP contribution is -2.27. The van der Waals surface area contributed by atoms with E-state index in [0.29, 0.717) is 18.5 Å². The van der Waals surface area contributed by atoms with Crippen LogP contribution in [0.15, 0.2) is 6.20 Å². The van der Waals surface area contributed by atoms with Gasteiger partial charge in [0.05, 0.1) is 17.3 Å². The van der Waals surface area contributed by atoms with Gasteiger partial charge in [-0.25, -0.2) is 0 Å². The van der Waals surface area contributed by atoms with E-state index in [-0.39, 0.29) is 17.9 Å². The number of carboxylic acids is 1. The summed E-state index contributed by atoms with van der Waals surface area (Å²) in [6.45, 7) is 8.25. The average molecular weight is 267 g/mol. The molecule has 1 aromatic rings. The van der Waals surface area contributed by atoms with E-state index in [4.69, 9.17) is 5.11 Å². The van der Waals surface area contributed by atoms with Gasteiger partial charge in [-0.1, -0.05) is 0 Å².